The fourth-order valence-corrected chi connectivity index (χ4v) is 2.82. The maximum atomic E-state index is 12.0. The van der Waals surface area contributed by atoms with Crippen molar-refractivity contribution in [3.8, 4) is 0 Å². The Labute approximate surface area is 118 Å². The fraction of sp³-hybridized carbons (Fsp3) is 0.933. The number of nitrogens with two attached hydrogens (primary N) is 1. The van der Waals surface area contributed by atoms with Crippen LogP contribution in [0, 0.1) is 5.92 Å². The highest BCUT2D eigenvalue weighted by molar-refractivity contribution is 5.85. The third-order valence-electron chi connectivity index (χ3n) is 4.28. The van der Waals surface area contributed by atoms with Crippen LogP contribution in [0.2, 0.25) is 0 Å². The summed E-state index contributed by atoms with van der Waals surface area (Å²) >= 11 is 0. The SMILES string of the molecule is CCCC(C)(N)C(=O)NCCC1CCN(CC)CC1. The van der Waals surface area contributed by atoms with Gasteiger partial charge in [0.25, 0.3) is 0 Å². The molecule has 1 aliphatic heterocycles. The van der Waals surface area contributed by atoms with Crippen LogP contribution in [0.5, 0.6) is 0 Å². The summed E-state index contributed by atoms with van der Waals surface area (Å²) in [4.78, 5) is 14.4. The molecule has 1 amide bonds. The molecule has 0 aliphatic carbocycles. The van der Waals surface area contributed by atoms with Crippen LogP contribution < -0.4 is 11.1 Å². The molecule has 0 radical (unpaired) electrons. The van der Waals surface area contributed by atoms with E-state index in [-0.39, 0.29) is 5.91 Å². The number of hydrogen-bond donors (Lipinski definition) is 2. The molecule has 0 spiro atoms. The summed E-state index contributed by atoms with van der Waals surface area (Å²) < 4.78 is 0. The van der Waals surface area contributed by atoms with Gasteiger partial charge >= 0.3 is 0 Å². The Morgan fingerprint density at radius 3 is 2.53 bits per heavy atom. The Morgan fingerprint density at radius 2 is 2.00 bits per heavy atom. The zero-order valence-corrected chi connectivity index (χ0v) is 12.9. The molecule has 4 nitrogen and oxygen atoms in total. The average Bonchev–Trinajstić information content (AvgIpc) is 2.39. The first-order valence-corrected chi connectivity index (χ1v) is 7.79. The molecule has 0 aromatic carbocycles. The predicted molar refractivity (Wildman–Crippen MR) is 80.0 cm³/mol. The maximum absolute atomic E-state index is 12.0. The molecule has 1 aliphatic rings. The highest BCUT2D eigenvalue weighted by Crippen LogP contribution is 2.19. The molecule has 112 valence electrons. The zero-order valence-electron chi connectivity index (χ0n) is 12.9. The van der Waals surface area contributed by atoms with Crippen molar-refractivity contribution in [2.24, 2.45) is 11.7 Å². The third-order valence-corrected chi connectivity index (χ3v) is 4.28. The molecule has 1 saturated heterocycles. The fourth-order valence-electron chi connectivity index (χ4n) is 2.82. The summed E-state index contributed by atoms with van der Waals surface area (Å²) in [5, 5.41) is 3.00. The Morgan fingerprint density at radius 1 is 1.37 bits per heavy atom. The van der Waals surface area contributed by atoms with E-state index in [9.17, 15) is 4.79 Å². The van der Waals surface area contributed by atoms with Gasteiger partial charge in [0.15, 0.2) is 0 Å². The van der Waals surface area contributed by atoms with Crippen LogP contribution in [0.15, 0.2) is 0 Å². The molecule has 19 heavy (non-hydrogen) atoms. The lowest BCUT2D eigenvalue weighted by Gasteiger charge is -2.31. The molecule has 3 N–H and O–H groups in total. The lowest BCUT2D eigenvalue weighted by Crippen LogP contribution is -2.51. The second-order valence-corrected chi connectivity index (χ2v) is 6.09. The van der Waals surface area contributed by atoms with Crippen molar-refractivity contribution < 1.29 is 4.79 Å². The minimum Gasteiger partial charge on any atom is -0.355 e. The zero-order chi connectivity index (χ0) is 14.3. The molecular weight excluding hydrogens is 238 g/mol. The first-order valence-electron chi connectivity index (χ1n) is 7.79. The van der Waals surface area contributed by atoms with Gasteiger partial charge in [-0.15, -0.1) is 0 Å². The smallest absolute Gasteiger partial charge is 0.239 e. The van der Waals surface area contributed by atoms with Crippen molar-refractivity contribution in [2.45, 2.75) is 58.4 Å². The number of amides is 1. The van der Waals surface area contributed by atoms with E-state index in [0.29, 0.717) is 0 Å². The van der Waals surface area contributed by atoms with Gasteiger partial charge in [-0.3, -0.25) is 4.79 Å². The second kappa shape index (κ2) is 7.85. The normalized spacial score (nSPS) is 21.1. The number of carbonyl (C=O) groups is 1. The number of hydrogen-bond acceptors (Lipinski definition) is 3. The van der Waals surface area contributed by atoms with E-state index in [1.54, 1.807) is 0 Å². The van der Waals surface area contributed by atoms with Crippen LogP contribution in [-0.4, -0.2) is 42.5 Å². The number of likely N-dealkylation sites (tertiary alicyclic amines) is 1. The highest BCUT2D eigenvalue weighted by atomic mass is 16.2. The average molecular weight is 269 g/mol. The van der Waals surface area contributed by atoms with Crippen LogP contribution in [0.1, 0.15) is 52.9 Å². The van der Waals surface area contributed by atoms with Crippen molar-refractivity contribution in [1.29, 1.82) is 0 Å². The van der Waals surface area contributed by atoms with Gasteiger partial charge in [0, 0.05) is 6.54 Å². The van der Waals surface area contributed by atoms with Crippen LogP contribution >= 0.6 is 0 Å². The molecule has 1 unspecified atom stereocenters. The van der Waals surface area contributed by atoms with Gasteiger partial charge in [0.05, 0.1) is 5.54 Å². The quantitative estimate of drug-likeness (QED) is 0.740. The molecule has 0 bridgehead atoms. The van der Waals surface area contributed by atoms with Gasteiger partial charge in [0.1, 0.15) is 0 Å². The highest BCUT2D eigenvalue weighted by Gasteiger charge is 2.27. The molecule has 0 aromatic heterocycles. The monoisotopic (exact) mass is 269 g/mol. The maximum Gasteiger partial charge on any atom is 0.239 e. The van der Waals surface area contributed by atoms with Crippen LogP contribution in [0.25, 0.3) is 0 Å². The molecular formula is C15H31N3O. The lowest BCUT2D eigenvalue weighted by atomic mass is 9.93. The Bertz CT molecular complexity index is 271. The van der Waals surface area contributed by atoms with Crippen molar-refractivity contribution >= 4 is 5.91 Å². The molecule has 1 heterocycles. The number of rotatable bonds is 7. The second-order valence-electron chi connectivity index (χ2n) is 6.09. The number of carbonyl (C=O) groups excluding carboxylic acids is 1. The Balaban J connectivity index is 2.19. The van der Waals surface area contributed by atoms with Crippen molar-refractivity contribution in [3.05, 3.63) is 0 Å². The van der Waals surface area contributed by atoms with E-state index >= 15 is 0 Å². The van der Waals surface area contributed by atoms with Crippen LogP contribution in [0.3, 0.4) is 0 Å². The van der Waals surface area contributed by atoms with Gasteiger partial charge in [0.2, 0.25) is 5.91 Å². The van der Waals surface area contributed by atoms with Gasteiger partial charge in [-0.1, -0.05) is 20.3 Å². The standard InChI is InChI=1S/C15H31N3O/c1-4-9-15(3,16)14(19)17-10-6-13-7-11-18(5-2)12-8-13/h13H,4-12,16H2,1-3H3,(H,17,19). The molecule has 0 saturated carbocycles. The van der Waals surface area contributed by atoms with E-state index in [4.69, 9.17) is 5.73 Å². The summed E-state index contributed by atoms with van der Waals surface area (Å²) in [5.41, 5.74) is 5.30. The largest absolute Gasteiger partial charge is 0.355 e. The summed E-state index contributed by atoms with van der Waals surface area (Å²) in [5.74, 6) is 0.763. The summed E-state index contributed by atoms with van der Waals surface area (Å²) in [6.45, 7) is 10.4. The molecule has 1 fully saturated rings. The summed E-state index contributed by atoms with van der Waals surface area (Å²) in [6, 6.07) is 0. The van der Waals surface area contributed by atoms with E-state index in [0.717, 1.165) is 38.3 Å². The van der Waals surface area contributed by atoms with E-state index in [1.807, 2.05) is 6.92 Å². The molecule has 1 atom stereocenters. The minimum absolute atomic E-state index is 0.000319. The number of nitrogens with zero attached hydrogens (tertiary/aromatic N) is 1. The van der Waals surface area contributed by atoms with Crippen molar-refractivity contribution in [2.75, 3.05) is 26.2 Å². The van der Waals surface area contributed by atoms with Gasteiger partial charge in [-0.2, -0.15) is 0 Å². The van der Waals surface area contributed by atoms with Crippen molar-refractivity contribution in [1.82, 2.24) is 10.2 Å². The van der Waals surface area contributed by atoms with Crippen LogP contribution in [0.4, 0.5) is 0 Å². The number of piperidine rings is 1. The molecule has 1 rings (SSSR count). The minimum atomic E-state index is -0.708. The first kappa shape index (κ1) is 16.4. The predicted octanol–water partition coefficient (Wildman–Crippen LogP) is 1.74. The van der Waals surface area contributed by atoms with E-state index < -0.39 is 5.54 Å². The molecule has 4 heteroatoms. The number of nitrogens with one attached hydrogen (secondary N) is 1. The third kappa shape index (κ3) is 5.49. The Kier molecular flexibility index (Phi) is 6.80. The Hall–Kier alpha value is -0.610. The molecule has 0 aromatic rings. The van der Waals surface area contributed by atoms with Gasteiger partial charge < -0.3 is 16.0 Å². The van der Waals surface area contributed by atoms with E-state index in [1.165, 1.54) is 25.9 Å². The summed E-state index contributed by atoms with van der Waals surface area (Å²) in [6.07, 6.45) is 5.30. The van der Waals surface area contributed by atoms with Crippen LogP contribution in [-0.2, 0) is 4.79 Å². The van der Waals surface area contributed by atoms with Gasteiger partial charge in [-0.05, 0) is 58.2 Å². The van der Waals surface area contributed by atoms with E-state index in [2.05, 4.69) is 24.1 Å². The lowest BCUT2D eigenvalue weighted by molar-refractivity contribution is -0.126. The summed E-state index contributed by atoms with van der Waals surface area (Å²) in [7, 11) is 0. The van der Waals surface area contributed by atoms with Gasteiger partial charge in [-0.25, -0.2) is 0 Å². The first-order chi connectivity index (χ1) is 8.99. The topological polar surface area (TPSA) is 58.4 Å². The van der Waals surface area contributed by atoms with Crippen molar-refractivity contribution in [3.63, 3.8) is 0 Å².